The lowest BCUT2D eigenvalue weighted by Crippen LogP contribution is -2.28. The van der Waals surface area contributed by atoms with Gasteiger partial charge in [-0.05, 0) is 49.7 Å². The fourth-order valence-electron chi connectivity index (χ4n) is 2.49. The predicted octanol–water partition coefficient (Wildman–Crippen LogP) is 2.65. The molecule has 0 aliphatic carbocycles. The molecular weight excluding hydrogens is 246 g/mol. The summed E-state index contributed by atoms with van der Waals surface area (Å²) in [6.45, 7) is 1.72. The third-order valence-electron chi connectivity index (χ3n) is 3.66. The third-order valence-corrected chi connectivity index (χ3v) is 3.66. The maximum absolute atomic E-state index is 5.78. The highest BCUT2D eigenvalue weighted by atomic mass is 15.1. The fraction of sp³-hybridized carbons (Fsp3) is 0.353. The van der Waals surface area contributed by atoms with Gasteiger partial charge in [0.15, 0.2) is 0 Å². The van der Waals surface area contributed by atoms with E-state index in [2.05, 4.69) is 59.4 Å². The second kappa shape index (κ2) is 7.78. The minimum atomic E-state index is 0.392. The number of hydrogen-bond donors (Lipinski definition) is 1. The maximum Gasteiger partial charge on any atom is 0.0357 e. The summed E-state index contributed by atoms with van der Waals surface area (Å²) in [6.07, 6.45) is 5.72. The Labute approximate surface area is 121 Å². The molecule has 0 amide bonds. The average molecular weight is 269 g/mol. The van der Waals surface area contributed by atoms with Gasteiger partial charge in [0.25, 0.3) is 0 Å². The van der Waals surface area contributed by atoms with Crippen molar-refractivity contribution in [2.45, 2.75) is 18.9 Å². The molecule has 2 rings (SSSR count). The largest absolute Gasteiger partial charge is 0.330 e. The number of pyridine rings is 1. The summed E-state index contributed by atoms with van der Waals surface area (Å²) in [5.41, 5.74) is 8.45. The lowest BCUT2D eigenvalue weighted by atomic mass is 10.0. The molecular formula is C17H23N3. The van der Waals surface area contributed by atoms with Crippen molar-refractivity contribution in [3.8, 4) is 0 Å². The van der Waals surface area contributed by atoms with Gasteiger partial charge in [-0.15, -0.1) is 0 Å². The summed E-state index contributed by atoms with van der Waals surface area (Å²) < 4.78 is 0. The average Bonchev–Trinajstić information content (AvgIpc) is 2.52. The molecule has 3 heteroatoms. The Morgan fingerprint density at radius 3 is 2.45 bits per heavy atom. The number of hydrogen-bond acceptors (Lipinski definition) is 3. The van der Waals surface area contributed by atoms with Crippen LogP contribution in [0.5, 0.6) is 0 Å². The highest BCUT2D eigenvalue weighted by Crippen LogP contribution is 2.22. The lowest BCUT2D eigenvalue weighted by Gasteiger charge is -2.28. The summed E-state index contributed by atoms with van der Waals surface area (Å²) in [6, 6.07) is 15.2. The molecule has 0 aliphatic heterocycles. The molecule has 0 bridgehead atoms. The van der Waals surface area contributed by atoms with Crippen LogP contribution in [0.25, 0.3) is 0 Å². The number of likely N-dealkylation sites (N-methyl/N-ethyl adjacent to an activating group) is 1. The van der Waals surface area contributed by atoms with Gasteiger partial charge in [0, 0.05) is 25.0 Å². The van der Waals surface area contributed by atoms with Crippen LogP contribution in [0.1, 0.15) is 23.6 Å². The standard InChI is InChI=1S/C17H23N3/c1-20(14-10-15-8-12-19-13-9-15)17(7-11-18)16-5-3-2-4-6-16/h2-6,8-9,12-13,17H,7,10-11,14,18H2,1H3. The molecule has 1 aromatic heterocycles. The first-order chi connectivity index (χ1) is 9.81. The molecule has 0 saturated carbocycles. The molecule has 0 radical (unpaired) electrons. The van der Waals surface area contributed by atoms with Gasteiger partial charge in [0.1, 0.15) is 0 Å². The van der Waals surface area contributed by atoms with Crippen molar-refractivity contribution in [3.63, 3.8) is 0 Å². The molecule has 3 nitrogen and oxygen atoms in total. The van der Waals surface area contributed by atoms with E-state index in [-0.39, 0.29) is 0 Å². The first kappa shape index (κ1) is 14.7. The number of nitrogens with two attached hydrogens (primary N) is 1. The fourth-order valence-corrected chi connectivity index (χ4v) is 2.49. The Morgan fingerprint density at radius 1 is 1.10 bits per heavy atom. The van der Waals surface area contributed by atoms with E-state index in [0.717, 1.165) is 19.4 Å². The van der Waals surface area contributed by atoms with E-state index in [1.807, 2.05) is 12.4 Å². The molecule has 1 atom stereocenters. The highest BCUT2D eigenvalue weighted by molar-refractivity contribution is 5.19. The summed E-state index contributed by atoms with van der Waals surface area (Å²) in [5, 5.41) is 0. The molecule has 2 aromatic rings. The second-order valence-electron chi connectivity index (χ2n) is 5.09. The van der Waals surface area contributed by atoms with Gasteiger partial charge in [0.05, 0.1) is 0 Å². The van der Waals surface area contributed by atoms with Crippen LogP contribution < -0.4 is 5.73 Å². The number of rotatable bonds is 7. The van der Waals surface area contributed by atoms with E-state index in [4.69, 9.17) is 5.73 Å². The van der Waals surface area contributed by atoms with E-state index in [0.29, 0.717) is 12.6 Å². The van der Waals surface area contributed by atoms with Crippen molar-refractivity contribution in [3.05, 3.63) is 66.0 Å². The SMILES string of the molecule is CN(CCc1ccncc1)C(CCN)c1ccccc1. The molecule has 106 valence electrons. The van der Waals surface area contributed by atoms with Crippen LogP contribution in [0.4, 0.5) is 0 Å². The van der Waals surface area contributed by atoms with Gasteiger partial charge in [-0.2, -0.15) is 0 Å². The molecule has 2 N–H and O–H groups in total. The Hall–Kier alpha value is -1.71. The van der Waals surface area contributed by atoms with Gasteiger partial charge in [-0.3, -0.25) is 9.88 Å². The van der Waals surface area contributed by atoms with Crippen LogP contribution in [0.3, 0.4) is 0 Å². The monoisotopic (exact) mass is 269 g/mol. The normalized spacial score (nSPS) is 12.6. The Morgan fingerprint density at radius 2 is 1.80 bits per heavy atom. The number of aromatic nitrogens is 1. The Kier molecular flexibility index (Phi) is 5.71. The topological polar surface area (TPSA) is 42.2 Å². The van der Waals surface area contributed by atoms with Gasteiger partial charge < -0.3 is 5.73 Å². The molecule has 20 heavy (non-hydrogen) atoms. The molecule has 1 aromatic carbocycles. The number of nitrogens with zero attached hydrogens (tertiary/aromatic N) is 2. The van der Waals surface area contributed by atoms with E-state index < -0.39 is 0 Å². The van der Waals surface area contributed by atoms with Gasteiger partial charge in [-0.1, -0.05) is 30.3 Å². The molecule has 1 unspecified atom stereocenters. The molecule has 0 saturated heterocycles. The van der Waals surface area contributed by atoms with Crippen LogP contribution in [0.2, 0.25) is 0 Å². The van der Waals surface area contributed by atoms with Crippen LogP contribution in [0.15, 0.2) is 54.9 Å². The van der Waals surface area contributed by atoms with E-state index >= 15 is 0 Å². The zero-order chi connectivity index (χ0) is 14.2. The van der Waals surface area contributed by atoms with Crippen molar-refractivity contribution in [2.24, 2.45) is 5.73 Å². The zero-order valence-corrected chi connectivity index (χ0v) is 12.1. The zero-order valence-electron chi connectivity index (χ0n) is 12.1. The van der Waals surface area contributed by atoms with Crippen molar-refractivity contribution < 1.29 is 0 Å². The number of benzene rings is 1. The first-order valence-corrected chi connectivity index (χ1v) is 7.15. The predicted molar refractivity (Wildman–Crippen MR) is 83.4 cm³/mol. The van der Waals surface area contributed by atoms with Gasteiger partial charge in [-0.25, -0.2) is 0 Å². The van der Waals surface area contributed by atoms with Crippen molar-refractivity contribution >= 4 is 0 Å². The summed E-state index contributed by atoms with van der Waals surface area (Å²) >= 11 is 0. The van der Waals surface area contributed by atoms with Crippen molar-refractivity contribution in [1.29, 1.82) is 0 Å². The Balaban J connectivity index is 1.99. The second-order valence-corrected chi connectivity index (χ2v) is 5.09. The van der Waals surface area contributed by atoms with Crippen molar-refractivity contribution in [2.75, 3.05) is 20.1 Å². The van der Waals surface area contributed by atoms with Crippen LogP contribution >= 0.6 is 0 Å². The minimum absolute atomic E-state index is 0.392. The van der Waals surface area contributed by atoms with E-state index in [1.54, 1.807) is 0 Å². The summed E-state index contributed by atoms with van der Waals surface area (Å²) in [7, 11) is 2.18. The van der Waals surface area contributed by atoms with E-state index in [9.17, 15) is 0 Å². The third kappa shape index (κ3) is 4.15. The van der Waals surface area contributed by atoms with Crippen LogP contribution in [0, 0.1) is 0 Å². The maximum atomic E-state index is 5.78. The smallest absolute Gasteiger partial charge is 0.0357 e. The lowest BCUT2D eigenvalue weighted by molar-refractivity contribution is 0.238. The van der Waals surface area contributed by atoms with E-state index in [1.165, 1.54) is 11.1 Å². The molecule has 1 heterocycles. The highest BCUT2D eigenvalue weighted by Gasteiger charge is 2.15. The molecule has 0 aliphatic rings. The minimum Gasteiger partial charge on any atom is -0.330 e. The quantitative estimate of drug-likeness (QED) is 0.840. The Bertz CT molecular complexity index is 484. The molecule has 0 fully saturated rings. The summed E-state index contributed by atoms with van der Waals surface area (Å²) in [5.74, 6) is 0. The van der Waals surface area contributed by atoms with Gasteiger partial charge >= 0.3 is 0 Å². The van der Waals surface area contributed by atoms with Crippen molar-refractivity contribution in [1.82, 2.24) is 9.88 Å². The molecule has 0 spiro atoms. The van der Waals surface area contributed by atoms with Crippen LogP contribution in [-0.4, -0.2) is 30.0 Å². The first-order valence-electron chi connectivity index (χ1n) is 7.15. The summed E-state index contributed by atoms with van der Waals surface area (Å²) in [4.78, 5) is 6.45. The van der Waals surface area contributed by atoms with Crippen LogP contribution in [-0.2, 0) is 6.42 Å². The van der Waals surface area contributed by atoms with Gasteiger partial charge in [0.2, 0.25) is 0 Å².